The monoisotopic (exact) mass is 335 g/mol. The minimum absolute atomic E-state index is 0.0795. The van der Waals surface area contributed by atoms with Crippen LogP contribution in [0.1, 0.15) is 17.2 Å². The number of hydrogen-bond acceptors (Lipinski definition) is 3. The van der Waals surface area contributed by atoms with Gasteiger partial charge in [-0.15, -0.1) is 0 Å². The van der Waals surface area contributed by atoms with E-state index in [1.54, 1.807) is 14.2 Å². The van der Waals surface area contributed by atoms with Crippen molar-refractivity contribution >= 4 is 15.9 Å². The lowest BCUT2D eigenvalue weighted by Gasteiger charge is -2.15. The minimum Gasteiger partial charge on any atom is -0.497 e. The predicted octanol–water partition coefficient (Wildman–Crippen LogP) is 3.71. The summed E-state index contributed by atoms with van der Waals surface area (Å²) in [5, 5.41) is 0. The quantitative estimate of drug-likeness (QED) is 0.905. The van der Waals surface area contributed by atoms with Crippen molar-refractivity contribution in [3.63, 3.8) is 0 Å². The molecule has 0 amide bonds. The van der Waals surface area contributed by atoms with Gasteiger partial charge in [-0.05, 0) is 47.9 Å². The Balaban J connectivity index is 2.17. The van der Waals surface area contributed by atoms with Crippen LogP contribution >= 0.6 is 15.9 Å². The predicted molar refractivity (Wildman–Crippen MR) is 84.3 cm³/mol. The summed E-state index contributed by atoms with van der Waals surface area (Å²) in [6, 6.07) is 13.7. The first-order valence-corrected chi connectivity index (χ1v) is 7.15. The summed E-state index contributed by atoms with van der Waals surface area (Å²) in [5.41, 5.74) is 8.45. The molecule has 2 aromatic rings. The molecule has 4 heteroatoms. The molecule has 2 aromatic carbocycles. The molecule has 2 N–H and O–H groups in total. The second kappa shape index (κ2) is 6.77. The molecule has 0 saturated heterocycles. The second-order valence-electron chi connectivity index (χ2n) is 4.54. The van der Waals surface area contributed by atoms with Crippen LogP contribution in [-0.4, -0.2) is 14.2 Å². The number of benzene rings is 2. The number of nitrogens with two attached hydrogens (primary N) is 1. The number of halogens is 1. The largest absolute Gasteiger partial charge is 0.497 e. The molecule has 0 aliphatic heterocycles. The van der Waals surface area contributed by atoms with Gasteiger partial charge >= 0.3 is 0 Å². The first-order chi connectivity index (χ1) is 9.63. The van der Waals surface area contributed by atoms with Crippen molar-refractivity contribution in [2.24, 2.45) is 5.73 Å². The van der Waals surface area contributed by atoms with Crippen molar-refractivity contribution in [3.05, 3.63) is 58.1 Å². The molecule has 0 fully saturated rings. The maximum absolute atomic E-state index is 6.28. The summed E-state index contributed by atoms with van der Waals surface area (Å²) in [7, 11) is 3.33. The maximum atomic E-state index is 6.28. The zero-order valence-corrected chi connectivity index (χ0v) is 13.2. The second-order valence-corrected chi connectivity index (χ2v) is 5.46. The Kier molecular flexibility index (Phi) is 5.04. The van der Waals surface area contributed by atoms with Crippen molar-refractivity contribution < 1.29 is 9.47 Å². The fourth-order valence-electron chi connectivity index (χ4n) is 2.11. The number of rotatable bonds is 5. The van der Waals surface area contributed by atoms with Gasteiger partial charge in [0.05, 0.1) is 14.2 Å². The van der Waals surface area contributed by atoms with Gasteiger partial charge in [0.2, 0.25) is 0 Å². The highest BCUT2D eigenvalue weighted by atomic mass is 79.9. The van der Waals surface area contributed by atoms with Gasteiger partial charge in [0.15, 0.2) is 0 Å². The third-order valence-corrected chi connectivity index (χ3v) is 3.72. The molecule has 0 saturated carbocycles. The average molecular weight is 336 g/mol. The Morgan fingerprint density at radius 2 is 1.75 bits per heavy atom. The summed E-state index contributed by atoms with van der Waals surface area (Å²) in [4.78, 5) is 0. The lowest BCUT2D eigenvalue weighted by Crippen LogP contribution is -2.13. The molecule has 3 nitrogen and oxygen atoms in total. The molecule has 2 rings (SSSR count). The van der Waals surface area contributed by atoms with Crippen molar-refractivity contribution in [1.29, 1.82) is 0 Å². The van der Waals surface area contributed by atoms with Gasteiger partial charge in [-0.2, -0.15) is 0 Å². The van der Waals surface area contributed by atoms with Crippen LogP contribution < -0.4 is 15.2 Å². The van der Waals surface area contributed by atoms with Crippen LogP contribution in [0.5, 0.6) is 11.5 Å². The van der Waals surface area contributed by atoms with Crippen molar-refractivity contribution in [2.75, 3.05) is 14.2 Å². The SMILES string of the molecule is COc1ccc(C(N)Cc2cc(Br)ccc2OC)cc1. The van der Waals surface area contributed by atoms with Gasteiger partial charge in [-0.3, -0.25) is 0 Å². The van der Waals surface area contributed by atoms with Crippen LogP contribution in [0.2, 0.25) is 0 Å². The fraction of sp³-hybridized carbons (Fsp3) is 0.250. The van der Waals surface area contributed by atoms with E-state index in [1.807, 2.05) is 42.5 Å². The van der Waals surface area contributed by atoms with Gasteiger partial charge in [-0.1, -0.05) is 28.1 Å². The van der Waals surface area contributed by atoms with Crippen LogP contribution in [0.4, 0.5) is 0 Å². The van der Waals surface area contributed by atoms with E-state index in [1.165, 1.54) is 0 Å². The highest BCUT2D eigenvalue weighted by Gasteiger charge is 2.11. The molecule has 0 bridgehead atoms. The van der Waals surface area contributed by atoms with E-state index in [0.717, 1.165) is 33.5 Å². The Labute approximate surface area is 127 Å². The van der Waals surface area contributed by atoms with E-state index in [9.17, 15) is 0 Å². The molecule has 106 valence electrons. The molecular formula is C16H18BrNO2. The summed E-state index contributed by atoms with van der Waals surface area (Å²) >= 11 is 3.48. The number of hydrogen-bond donors (Lipinski definition) is 1. The zero-order valence-electron chi connectivity index (χ0n) is 11.6. The lowest BCUT2D eigenvalue weighted by atomic mass is 9.99. The average Bonchev–Trinajstić information content (AvgIpc) is 2.47. The Morgan fingerprint density at radius 1 is 1.05 bits per heavy atom. The van der Waals surface area contributed by atoms with E-state index < -0.39 is 0 Å². The molecule has 0 aromatic heterocycles. The Morgan fingerprint density at radius 3 is 2.35 bits per heavy atom. The highest BCUT2D eigenvalue weighted by Crippen LogP contribution is 2.27. The van der Waals surface area contributed by atoms with Crippen molar-refractivity contribution in [2.45, 2.75) is 12.5 Å². The lowest BCUT2D eigenvalue weighted by molar-refractivity contribution is 0.408. The number of ether oxygens (including phenoxy) is 2. The standard InChI is InChI=1S/C16H18BrNO2/c1-19-14-6-3-11(4-7-14)15(18)10-12-9-13(17)5-8-16(12)20-2/h3-9,15H,10,18H2,1-2H3. The van der Waals surface area contributed by atoms with Crippen LogP contribution in [0.3, 0.4) is 0 Å². The van der Waals surface area contributed by atoms with Gasteiger partial charge in [0, 0.05) is 10.5 Å². The first-order valence-electron chi connectivity index (χ1n) is 6.36. The molecule has 1 unspecified atom stereocenters. The molecule has 1 atom stereocenters. The summed E-state index contributed by atoms with van der Waals surface area (Å²) < 4.78 is 11.6. The van der Waals surface area contributed by atoms with Gasteiger partial charge < -0.3 is 15.2 Å². The van der Waals surface area contributed by atoms with Crippen LogP contribution in [-0.2, 0) is 6.42 Å². The van der Waals surface area contributed by atoms with Crippen LogP contribution in [0.25, 0.3) is 0 Å². The van der Waals surface area contributed by atoms with Crippen LogP contribution in [0, 0.1) is 0 Å². The summed E-state index contributed by atoms with van der Waals surface area (Å²) in [6.45, 7) is 0. The molecular weight excluding hydrogens is 318 g/mol. The molecule has 0 aliphatic rings. The third-order valence-electron chi connectivity index (χ3n) is 3.23. The molecule has 20 heavy (non-hydrogen) atoms. The molecule has 0 spiro atoms. The normalized spacial score (nSPS) is 12.0. The molecule has 0 radical (unpaired) electrons. The van der Waals surface area contributed by atoms with Crippen molar-refractivity contribution in [1.82, 2.24) is 0 Å². The van der Waals surface area contributed by atoms with Gasteiger partial charge in [0.1, 0.15) is 11.5 Å². The topological polar surface area (TPSA) is 44.5 Å². The van der Waals surface area contributed by atoms with Crippen molar-refractivity contribution in [3.8, 4) is 11.5 Å². The first kappa shape index (κ1) is 14.9. The third kappa shape index (κ3) is 3.52. The summed E-state index contributed by atoms with van der Waals surface area (Å²) in [5.74, 6) is 1.69. The van der Waals surface area contributed by atoms with E-state index in [2.05, 4.69) is 15.9 Å². The highest BCUT2D eigenvalue weighted by molar-refractivity contribution is 9.10. The summed E-state index contributed by atoms with van der Waals surface area (Å²) in [6.07, 6.45) is 0.717. The van der Waals surface area contributed by atoms with E-state index in [-0.39, 0.29) is 6.04 Å². The van der Waals surface area contributed by atoms with Crippen LogP contribution in [0.15, 0.2) is 46.9 Å². The fourth-order valence-corrected chi connectivity index (χ4v) is 2.52. The maximum Gasteiger partial charge on any atom is 0.122 e. The Bertz CT molecular complexity index is 569. The molecule has 0 aliphatic carbocycles. The van der Waals surface area contributed by atoms with Gasteiger partial charge in [0.25, 0.3) is 0 Å². The smallest absolute Gasteiger partial charge is 0.122 e. The Hall–Kier alpha value is -1.52. The van der Waals surface area contributed by atoms with E-state index >= 15 is 0 Å². The molecule has 0 heterocycles. The van der Waals surface area contributed by atoms with E-state index in [0.29, 0.717) is 0 Å². The van der Waals surface area contributed by atoms with Gasteiger partial charge in [-0.25, -0.2) is 0 Å². The minimum atomic E-state index is -0.0795. The van der Waals surface area contributed by atoms with E-state index in [4.69, 9.17) is 15.2 Å². The zero-order chi connectivity index (χ0) is 14.5. The number of methoxy groups -OCH3 is 2.